The molecule has 3 rings (SSSR count). The fourth-order valence-electron chi connectivity index (χ4n) is 2.89. The summed E-state index contributed by atoms with van der Waals surface area (Å²) < 4.78 is 5.04. The van der Waals surface area contributed by atoms with Crippen LogP contribution in [0.3, 0.4) is 0 Å². The lowest BCUT2D eigenvalue weighted by Crippen LogP contribution is -2.27. The predicted molar refractivity (Wildman–Crippen MR) is 80.4 cm³/mol. The van der Waals surface area contributed by atoms with Crippen molar-refractivity contribution in [3.63, 3.8) is 0 Å². The number of nitrogens with zero attached hydrogens (tertiary/aromatic N) is 3. The fourth-order valence-corrected chi connectivity index (χ4v) is 2.89. The third kappa shape index (κ3) is 3.08. The Morgan fingerprint density at radius 1 is 1.36 bits per heavy atom. The van der Waals surface area contributed by atoms with Gasteiger partial charge in [-0.3, -0.25) is 4.79 Å². The third-order valence-corrected chi connectivity index (χ3v) is 4.05. The highest BCUT2D eigenvalue weighted by Crippen LogP contribution is 2.32. The first kappa shape index (κ1) is 14.5. The normalized spacial score (nSPS) is 21.5. The lowest BCUT2D eigenvalue weighted by Gasteiger charge is -2.28. The second-order valence-corrected chi connectivity index (χ2v) is 5.63. The first-order valence-electron chi connectivity index (χ1n) is 7.45. The number of hydrogen-bond donors (Lipinski definition) is 2. The maximum Gasteiger partial charge on any atom is 0.252 e. The van der Waals surface area contributed by atoms with Gasteiger partial charge in [-0.1, -0.05) is 5.16 Å². The Kier molecular flexibility index (Phi) is 4.04. The second kappa shape index (κ2) is 6.13. The number of carbonyl (C=O) groups excluding carboxylic acids is 1. The number of amides is 1. The van der Waals surface area contributed by atoms with Crippen LogP contribution >= 0.6 is 0 Å². The van der Waals surface area contributed by atoms with Crippen molar-refractivity contribution >= 4 is 11.7 Å². The lowest BCUT2D eigenvalue weighted by atomic mass is 9.85. The van der Waals surface area contributed by atoms with Crippen LogP contribution in [-0.2, 0) is 0 Å². The molecule has 7 heteroatoms. The number of carbonyl (C=O) groups is 1. The van der Waals surface area contributed by atoms with Crippen molar-refractivity contribution in [2.24, 2.45) is 5.73 Å². The maximum absolute atomic E-state index is 11.4. The second-order valence-electron chi connectivity index (χ2n) is 5.63. The summed E-state index contributed by atoms with van der Waals surface area (Å²) in [6.07, 6.45) is 5.55. The smallest absolute Gasteiger partial charge is 0.252 e. The molecule has 0 spiro atoms. The van der Waals surface area contributed by atoms with E-state index >= 15 is 0 Å². The van der Waals surface area contributed by atoms with Gasteiger partial charge in [-0.05, 0) is 37.8 Å². The summed E-state index contributed by atoms with van der Waals surface area (Å²) in [7, 11) is 0. The molecule has 1 fully saturated rings. The monoisotopic (exact) mass is 301 g/mol. The van der Waals surface area contributed by atoms with Crippen molar-refractivity contribution in [1.29, 1.82) is 0 Å². The van der Waals surface area contributed by atoms with Crippen molar-refractivity contribution < 1.29 is 9.32 Å². The van der Waals surface area contributed by atoms with Crippen LogP contribution in [0.1, 0.15) is 53.7 Å². The molecular formula is C15H19N5O2. The van der Waals surface area contributed by atoms with Gasteiger partial charge in [-0.2, -0.15) is 4.98 Å². The standard InChI is InChI=1S/C15H19N5O2/c1-9-18-14(20-22-9)10-4-6-11(7-5-10)19-15-12(13(16)21)3-2-8-17-15/h2-3,8,10-11H,4-7H2,1H3,(H2,16,21)(H,17,19). The molecule has 0 aliphatic heterocycles. The summed E-state index contributed by atoms with van der Waals surface area (Å²) in [5, 5.41) is 7.34. The van der Waals surface area contributed by atoms with Gasteiger partial charge in [0.15, 0.2) is 5.82 Å². The van der Waals surface area contributed by atoms with Crippen LogP contribution < -0.4 is 11.1 Å². The molecule has 116 valence electrons. The van der Waals surface area contributed by atoms with Gasteiger partial charge in [0.2, 0.25) is 5.89 Å². The van der Waals surface area contributed by atoms with Crippen LogP contribution in [0.15, 0.2) is 22.9 Å². The number of anilines is 1. The van der Waals surface area contributed by atoms with Gasteiger partial charge in [-0.25, -0.2) is 4.98 Å². The summed E-state index contributed by atoms with van der Waals surface area (Å²) in [6, 6.07) is 3.67. The zero-order chi connectivity index (χ0) is 15.5. The largest absolute Gasteiger partial charge is 0.367 e. The van der Waals surface area contributed by atoms with Crippen molar-refractivity contribution in [2.75, 3.05) is 5.32 Å². The molecule has 1 amide bonds. The van der Waals surface area contributed by atoms with Gasteiger partial charge < -0.3 is 15.6 Å². The number of nitrogens with two attached hydrogens (primary N) is 1. The number of primary amides is 1. The van der Waals surface area contributed by atoms with E-state index in [0.717, 1.165) is 31.5 Å². The summed E-state index contributed by atoms with van der Waals surface area (Å²) in [4.78, 5) is 19.9. The highest BCUT2D eigenvalue weighted by molar-refractivity contribution is 5.97. The van der Waals surface area contributed by atoms with E-state index < -0.39 is 5.91 Å². The molecule has 0 unspecified atom stereocenters. The van der Waals surface area contributed by atoms with Crippen molar-refractivity contribution in [1.82, 2.24) is 15.1 Å². The Morgan fingerprint density at radius 3 is 2.77 bits per heavy atom. The molecule has 1 saturated carbocycles. The molecule has 2 aromatic rings. The number of aryl methyl sites for hydroxylation is 1. The number of aromatic nitrogens is 3. The first-order valence-corrected chi connectivity index (χ1v) is 7.45. The number of pyridine rings is 1. The predicted octanol–water partition coefficient (Wildman–Crippen LogP) is 2.01. The van der Waals surface area contributed by atoms with E-state index in [-0.39, 0.29) is 6.04 Å². The van der Waals surface area contributed by atoms with E-state index in [1.165, 1.54) is 0 Å². The van der Waals surface area contributed by atoms with Gasteiger partial charge in [0, 0.05) is 25.1 Å². The molecule has 0 radical (unpaired) electrons. The van der Waals surface area contributed by atoms with Crippen molar-refractivity contribution in [2.45, 2.75) is 44.6 Å². The molecule has 2 heterocycles. The van der Waals surface area contributed by atoms with E-state index in [1.807, 2.05) is 0 Å². The quantitative estimate of drug-likeness (QED) is 0.894. The van der Waals surface area contributed by atoms with Gasteiger partial charge in [0.05, 0.1) is 5.56 Å². The Balaban J connectivity index is 1.62. The Hall–Kier alpha value is -2.44. The zero-order valence-electron chi connectivity index (χ0n) is 12.5. The Morgan fingerprint density at radius 2 is 2.14 bits per heavy atom. The van der Waals surface area contributed by atoms with E-state index in [4.69, 9.17) is 10.3 Å². The number of nitrogens with one attached hydrogen (secondary N) is 1. The maximum atomic E-state index is 11.4. The average molecular weight is 301 g/mol. The molecular weight excluding hydrogens is 282 g/mol. The Labute approximate surface area is 128 Å². The molecule has 2 aromatic heterocycles. The lowest BCUT2D eigenvalue weighted by molar-refractivity contribution is 0.100. The average Bonchev–Trinajstić information content (AvgIpc) is 2.95. The summed E-state index contributed by atoms with van der Waals surface area (Å²) >= 11 is 0. The molecule has 0 atom stereocenters. The topological polar surface area (TPSA) is 107 Å². The van der Waals surface area contributed by atoms with Crippen molar-refractivity contribution in [3.8, 4) is 0 Å². The SMILES string of the molecule is Cc1nc(C2CCC(Nc3ncccc3C(N)=O)CC2)no1. The molecule has 1 aliphatic rings. The van der Waals surface area contributed by atoms with Crippen LogP contribution in [0.5, 0.6) is 0 Å². The van der Waals surface area contributed by atoms with E-state index in [1.54, 1.807) is 25.3 Å². The molecule has 0 aromatic carbocycles. The van der Waals surface area contributed by atoms with Crippen LogP contribution in [0, 0.1) is 6.92 Å². The zero-order valence-corrected chi connectivity index (χ0v) is 12.5. The van der Waals surface area contributed by atoms with Gasteiger partial charge in [0.25, 0.3) is 5.91 Å². The minimum atomic E-state index is -0.466. The van der Waals surface area contributed by atoms with Gasteiger partial charge in [-0.15, -0.1) is 0 Å². The minimum Gasteiger partial charge on any atom is -0.367 e. The van der Waals surface area contributed by atoms with Crippen LogP contribution in [0.2, 0.25) is 0 Å². The van der Waals surface area contributed by atoms with Crippen molar-refractivity contribution in [3.05, 3.63) is 35.6 Å². The molecule has 0 bridgehead atoms. The minimum absolute atomic E-state index is 0.275. The number of hydrogen-bond acceptors (Lipinski definition) is 6. The number of rotatable bonds is 4. The molecule has 7 nitrogen and oxygen atoms in total. The molecule has 22 heavy (non-hydrogen) atoms. The fraction of sp³-hybridized carbons (Fsp3) is 0.467. The summed E-state index contributed by atoms with van der Waals surface area (Å²) in [5.41, 5.74) is 5.80. The highest BCUT2D eigenvalue weighted by atomic mass is 16.5. The van der Waals surface area contributed by atoms with Gasteiger partial charge in [0.1, 0.15) is 5.82 Å². The van der Waals surface area contributed by atoms with E-state index in [0.29, 0.717) is 23.2 Å². The first-order chi connectivity index (χ1) is 10.6. The third-order valence-electron chi connectivity index (χ3n) is 4.05. The van der Waals surface area contributed by atoms with Crippen LogP contribution in [0.4, 0.5) is 5.82 Å². The Bertz CT molecular complexity index is 661. The van der Waals surface area contributed by atoms with Crippen LogP contribution in [-0.4, -0.2) is 27.1 Å². The van der Waals surface area contributed by atoms with E-state index in [2.05, 4.69) is 20.4 Å². The van der Waals surface area contributed by atoms with E-state index in [9.17, 15) is 4.79 Å². The summed E-state index contributed by atoms with van der Waals surface area (Å²) in [6.45, 7) is 1.80. The summed E-state index contributed by atoms with van der Waals surface area (Å²) in [5.74, 6) is 1.84. The van der Waals surface area contributed by atoms with Crippen LogP contribution in [0.25, 0.3) is 0 Å². The highest BCUT2D eigenvalue weighted by Gasteiger charge is 2.26. The molecule has 3 N–H and O–H groups in total. The van der Waals surface area contributed by atoms with Gasteiger partial charge >= 0.3 is 0 Å². The molecule has 0 saturated heterocycles. The molecule has 1 aliphatic carbocycles.